The van der Waals surface area contributed by atoms with Crippen molar-refractivity contribution in [2.45, 2.75) is 89.1 Å². The summed E-state index contributed by atoms with van der Waals surface area (Å²) in [6.45, 7) is 0.364. The van der Waals surface area contributed by atoms with Crippen molar-refractivity contribution in [2.24, 2.45) is 0 Å². The van der Waals surface area contributed by atoms with Crippen LogP contribution in [0.15, 0.2) is 0 Å². The molecule has 22 heavy (non-hydrogen) atoms. The zero-order valence-electron chi connectivity index (χ0n) is 13.7. The number of nitrogens with one attached hydrogen (secondary N) is 2. The molecule has 0 spiro atoms. The third-order valence-corrected chi connectivity index (χ3v) is 4.98. The van der Waals surface area contributed by atoms with Crippen molar-refractivity contribution in [3.63, 3.8) is 0 Å². The smallest absolute Gasteiger partial charge is 0.321 e. The predicted octanol–water partition coefficient (Wildman–Crippen LogP) is 1.82. The highest BCUT2D eigenvalue weighted by atomic mass is 16.2. The van der Waals surface area contributed by atoms with Gasteiger partial charge in [0.1, 0.15) is 0 Å². The molecule has 0 bridgehead atoms. The summed E-state index contributed by atoms with van der Waals surface area (Å²) in [5, 5.41) is 7.52. The maximum Gasteiger partial charge on any atom is 0.321 e. The number of rotatable bonds is 4. The van der Waals surface area contributed by atoms with Crippen molar-refractivity contribution >= 4 is 11.9 Å². The minimum atomic E-state index is -0.317. The van der Waals surface area contributed by atoms with Gasteiger partial charge >= 0.3 is 6.03 Å². The molecule has 0 aromatic carbocycles. The van der Waals surface area contributed by atoms with E-state index in [-0.39, 0.29) is 18.0 Å². The van der Waals surface area contributed by atoms with E-state index in [9.17, 15) is 9.59 Å². The molecule has 126 valence electrons. The fourth-order valence-corrected chi connectivity index (χ4v) is 3.64. The van der Waals surface area contributed by atoms with Gasteiger partial charge in [0.2, 0.25) is 0 Å². The van der Waals surface area contributed by atoms with Gasteiger partial charge in [-0.05, 0) is 38.5 Å². The summed E-state index contributed by atoms with van der Waals surface area (Å²) >= 11 is 0. The van der Waals surface area contributed by atoms with Crippen LogP contribution in [-0.2, 0) is 4.79 Å². The summed E-state index contributed by atoms with van der Waals surface area (Å²) in [5.74, 6) is -0.171. The van der Waals surface area contributed by atoms with E-state index in [0.29, 0.717) is 12.6 Å². The van der Waals surface area contributed by atoms with Crippen molar-refractivity contribution in [1.29, 1.82) is 0 Å². The Hall–Kier alpha value is -1.10. The van der Waals surface area contributed by atoms with Gasteiger partial charge in [0.05, 0.1) is 6.04 Å². The molecule has 2 fully saturated rings. The molecule has 2 saturated carbocycles. The predicted molar refractivity (Wildman–Crippen MR) is 86.4 cm³/mol. The Bertz CT molecular complexity index is 346. The number of carbonyl (C=O) groups excluding carboxylic acids is 2. The van der Waals surface area contributed by atoms with E-state index < -0.39 is 0 Å². The third kappa shape index (κ3) is 6.77. The number of hydrogen-bond donors (Lipinski definition) is 3. The molecule has 2 aliphatic carbocycles. The van der Waals surface area contributed by atoms with E-state index in [4.69, 9.17) is 0 Å². The second kappa shape index (κ2) is 9.82. The Kier molecular flexibility index (Phi) is 7.71. The lowest BCUT2D eigenvalue weighted by Gasteiger charge is -2.22. The largest absolute Gasteiger partial charge is 0.336 e. The van der Waals surface area contributed by atoms with Gasteiger partial charge in [0, 0.05) is 6.04 Å². The first-order valence-electron chi connectivity index (χ1n) is 9.18. The molecule has 0 aromatic heterocycles. The van der Waals surface area contributed by atoms with Crippen molar-refractivity contribution in [2.75, 3.05) is 6.54 Å². The van der Waals surface area contributed by atoms with E-state index in [1.54, 1.807) is 0 Å². The van der Waals surface area contributed by atoms with Crippen LogP contribution in [0.5, 0.6) is 0 Å². The first-order chi connectivity index (χ1) is 10.7. The summed E-state index contributed by atoms with van der Waals surface area (Å²) in [4.78, 5) is 23.7. The highest BCUT2D eigenvalue weighted by molar-refractivity contribution is 5.94. The van der Waals surface area contributed by atoms with Crippen molar-refractivity contribution < 1.29 is 14.9 Å². The zero-order valence-corrected chi connectivity index (χ0v) is 13.7. The van der Waals surface area contributed by atoms with Gasteiger partial charge in [-0.2, -0.15) is 0 Å². The molecule has 0 aliphatic heterocycles. The topological polar surface area (TPSA) is 74.8 Å². The molecular formula is C17H32N3O2+. The number of carbonyl (C=O) groups is 2. The fraction of sp³-hybridized carbons (Fsp3) is 0.882. The maximum absolute atomic E-state index is 11.9. The summed E-state index contributed by atoms with van der Waals surface area (Å²) in [7, 11) is 0. The van der Waals surface area contributed by atoms with E-state index in [0.717, 1.165) is 12.8 Å². The van der Waals surface area contributed by atoms with Gasteiger partial charge in [-0.25, -0.2) is 4.79 Å². The van der Waals surface area contributed by atoms with Crippen LogP contribution in [-0.4, -0.2) is 30.6 Å². The van der Waals surface area contributed by atoms with Crippen LogP contribution in [0.1, 0.15) is 77.0 Å². The van der Waals surface area contributed by atoms with Crippen LogP contribution < -0.4 is 16.0 Å². The summed E-state index contributed by atoms with van der Waals surface area (Å²) in [6.07, 6.45) is 14.6. The number of amides is 3. The number of nitrogens with two attached hydrogens (primary N) is 1. The van der Waals surface area contributed by atoms with E-state index >= 15 is 0 Å². The standard InChI is InChI=1S/C17H31N3O2/c21-16(13-18-14-9-5-2-1-3-6-10-14)20-17(22)19-15-11-7-4-8-12-15/h14-15,18H,1-13H2,(H2,19,20,21,22)/p+1. The van der Waals surface area contributed by atoms with Gasteiger partial charge in [-0.3, -0.25) is 10.1 Å². The molecule has 4 N–H and O–H groups in total. The Balaban J connectivity index is 1.60. The molecule has 5 heteroatoms. The first-order valence-corrected chi connectivity index (χ1v) is 9.18. The SMILES string of the molecule is O=C(C[NH2+]C1CCCCCCC1)NC(=O)NC1CCCCC1. The minimum absolute atomic E-state index is 0.171. The van der Waals surface area contributed by atoms with Crippen molar-refractivity contribution in [3.05, 3.63) is 0 Å². The van der Waals surface area contributed by atoms with Gasteiger partial charge in [0.25, 0.3) is 5.91 Å². The Morgan fingerprint density at radius 3 is 2.05 bits per heavy atom. The Morgan fingerprint density at radius 1 is 0.818 bits per heavy atom. The molecule has 0 aromatic rings. The second-order valence-electron chi connectivity index (χ2n) is 6.90. The average molecular weight is 310 g/mol. The second-order valence-corrected chi connectivity index (χ2v) is 6.90. The van der Waals surface area contributed by atoms with Crippen molar-refractivity contribution in [1.82, 2.24) is 10.6 Å². The number of hydrogen-bond acceptors (Lipinski definition) is 2. The lowest BCUT2D eigenvalue weighted by molar-refractivity contribution is -0.680. The van der Waals surface area contributed by atoms with E-state index in [1.807, 2.05) is 0 Å². The first kappa shape index (κ1) is 17.3. The van der Waals surface area contributed by atoms with Gasteiger partial charge in [-0.1, -0.05) is 38.5 Å². The molecule has 0 saturated heterocycles. The van der Waals surface area contributed by atoms with Crippen LogP contribution in [0.3, 0.4) is 0 Å². The molecule has 0 radical (unpaired) electrons. The quantitative estimate of drug-likeness (QED) is 0.741. The van der Waals surface area contributed by atoms with Crippen LogP contribution in [0.4, 0.5) is 4.79 Å². The molecule has 0 heterocycles. The normalized spacial score (nSPS) is 21.6. The lowest BCUT2D eigenvalue weighted by atomic mass is 9.96. The average Bonchev–Trinajstić information content (AvgIpc) is 2.47. The van der Waals surface area contributed by atoms with Crippen LogP contribution in [0.2, 0.25) is 0 Å². The Morgan fingerprint density at radius 2 is 1.36 bits per heavy atom. The third-order valence-electron chi connectivity index (χ3n) is 4.98. The molecule has 2 aliphatic rings. The van der Waals surface area contributed by atoms with E-state index in [1.165, 1.54) is 64.2 Å². The maximum atomic E-state index is 11.9. The van der Waals surface area contributed by atoms with Gasteiger partial charge < -0.3 is 10.6 Å². The monoisotopic (exact) mass is 310 g/mol. The number of urea groups is 1. The van der Waals surface area contributed by atoms with E-state index in [2.05, 4.69) is 16.0 Å². The number of imide groups is 1. The summed E-state index contributed by atoms with van der Waals surface area (Å²) < 4.78 is 0. The minimum Gasteiger partial charge on any atom is -0.336 e. The molecule has 2 rings (SSSR count). The molecule has 3 amide bonds. The lowest BCUT2D eigenvalue weighted by Crippen LogP contribution is -2.92. The van der Waals surface area contributed by atoms with Gasteiger partial charge in [0.15, 0.2) is 6.54 Å². The molecule has 5 nitrogen and oxygen atoms in total. The Labute approximate surface area is 134 Å². The highest BCUT2D eigenvalue weighted by Gasteiger charge is 2.19. The highest BCUT2D eigenvalue weighted by Crippen LogP contribution is 2.17. The van der Waals surface area contributed by atoms with Crippen LogP contribution >= 0.6 is 0 Å². The molecule has 0 atom stereocenters. The number of quaternary nitrogens is 1. The molecular weight excluding hydrogens is 278 g/mol. The molecule has 0 unspecified atom stereocenters. The van der Waals surface area contributed by atoms with Crippen molar-refractivity contribution in [3.8, 4) is 0 Å². The van der Waals surface area contributed by atoms with Crippen LogP contribution in [0, 0.1) is 0 Å². The summed E-state index contributed by atoms with van der Waals surface area (Å²) in [6, 6.07) is 0.478. The van der Waals surface area contributed by atoms with Crippen LogP contribution in [0.25, 0.3) is 0 Å². The zero-order chi connectivity index (χ0) is 15.6. The fourth-order valence-electron chi connectivity index (χ4n) is 3.64. The summed E-state index contributed by atoms with van der Waals surface area (Å²) in [5.41, 5.74) is 0. The van der Waals surface area contributed by atoms with Gasteiger partial charge in [-0.15, -0.1) is 0 Å².